The van der Waals surface area contributed by atoms with Gasteiger partial charge in [0.2, 0.25) is 5.91 Å². The Morgan fingerprint density at radius 1 is 1.39 bits per heavy atom. The van der Waals surface area contributed by atoms with Crippen LogP contribution in [0.3, 0.4) is 0 Å². The minimum Gasteiger partial charge on any atom is -0.346 e. The predicted octanol–water partition coefficient (Wildman–Crippen LogP) is 3.27. The molecule has 0 bridgehead atoms. The van der Waals surface area contributed by atoms with Gasteiger partial charge in [0, 0.05) is 18.1 Å². The van der Waals surface area contributed by atoms with Gasteiger partial charge in [-0.1, -0.05) is 31.2 Å². The van der Waals surface area contributed by atoms with Crippen molar-refractivity contribution in [2.45, 2.75) is 38.4 Å². The van der Waals surface area contributed by atoms with Crippen molar-refractivity contribution in [1.29, 1.82) is 0 Å². The second-order valence-electron chi connectivity index (χ2n) is 5.25. The van der Waals surface area contributed by atoms with Gasteiger partial charge >= 0.3 is 0 Å². The van der Waals surface area contributed by atoms with Crippen molar-refractivity contribution in [2.75, 3.05) is 0 Å². The zero-order valence-corrected chi connectivity index (χ0v) is 15.3. The Bertz CT molecular complexity index is 622. The summed E-state index contributed by atoms with van der Waals surface area (Å²) >= 11 is 1.59. The fourth-order valence-corrected chi connectivity index (χ4v) is 3.43. The zero-order valence-electron chi connectivity index (χ0n) is 12.8. The molecule has 2 atom stereocenters. The number of aromatic nitrogens is 1. The third-order valence-electron chi connectivity index (χ3n) is 3.87. The molecule has 0 aliphatic carbocycles. The van der Waals surface area contributed by atoms with Crippen LogP contribution in [0.4, 0.5) is 0 Å². The minimum absolute atomic E-state index is 0. The van der Waals surface area contributed by atoms with Crippen LogP contribution < -0.4 is 10.6 Å². The van der Waals surface area contributed by atoms with E-state index in [0.717, 1.165) is 24.4 Å². The van der Waals surface area contributed by atoms with Gasteiger partial charge in [0.25, 0.3) is 0 Å². The van der Waals surface area contributed by atoms with Crippen LogP contribution >= 0.6 is 36.2 Å². The van der Waals surface area contributed by atoms with Crippen LogP contribution in [0.5, 0.6) is 0 Å². The molecular weight excluding hydrogens is 353 g/mol. The average molecular weight is 374 g/mol. The summed E-state index contributed by atoms with van der Waals surface area (Å²) in [6.07, 6.45) is 3.38. The van der Waals surface area contributed by atoms with Crippen molar-refractivity contribution in [2.24, 2.45) is 0 Å². The molecule has 1 aromatic carbocycles. The van der Waals surface area contributed by atoms with Gasteiger partial charge in [-0.3, -0.25) is 4.79 Å². The van der Waals surface area contributed by atoms with Gasteiger partial charge in [-0.25, -0.2) is 4.98 Å². The monoisotopic (exact) mass is 373 g/mol. The number of hydrogen-bond acceptors (Lipinski definition) is 4. The van der Waals surface area contributed by atoms with E-state index in [1.165, 1.54) is 11.1 Å². The largest absolute Gasteiger partial charge is 0.346 e. The lowest BCUT2D eigenvalue weighted by molar-refractivity contribution is -0.124. The van der Waals surface area contributed by atoms with E-state index in [0.29, 0.717) is 0 Å². The molecule has 23 heavy (non-hydrogen) atoms. The second kappa shape index (κ2) is 9.23. The highest BCUT2D eigenvalue weighted by molar-refractivity contribution is 7.09. The number of hydrogen-bond donors (Lipinski definition) is 2. The van der Waals surface area contributed by atoms with E-state index >= 15 is 0 Å². The van der Waals surface area contributed by atoms with Gasteiger partial charge in [0.1, 0.15) is 5.01 Å². The molecule has 1 aromatic heterocycles. The van der Waals surface area contributed by atoms with Gasteiger partial charge in [0.05, 0.1) is 12.1 Å². The molecule has 2 unspecified atom stereocenters. The number of rotatable bonds is 4. The Kier molecular flexibility index (Phi) is 7.99. The van der Waals surface area contributed by atoms with Crippen LogP contribution in [-0.4, -0.2) is 16.9 Å². The summed E-state index contributed by atoms with van der Waals surface area (Å²) < 4.78 is 0. The van der Waals surface area contributed by atoms with Crippen LogP contribution in [0.15, 0.2) is 35.8 Å². The van der Waals surface area contributed by atoms with E-state index in [1.54, 1.807) is 17.5 Å². The van der Waals surface area contributed by atoms with Gasteiger partial charge < -0.3 is 10.6 Å². The van der Waals surface area contributed by atoms with E-state index < -0.39 is 0 Å². The van der Waals surface area contributed by atoms with Crippen molar-refractivity contribution in [3.63, 3.8) is 0 Å². The average Bonchev–Trinajstić information content (AvgIpc) is 3.06. The lowest BCUT2D eigenvalue weighted by Crippen LogP contribution is -2.48. The number of amides is 1. The topological polar surface area (TPSA) is 54.0 Å². The molecule has 126 valence electrons. The highest BCUT2D eigenvalue weighted by atomic mass is 35.5. The number of benzene rings is 1. The summed E-state index contributed by atoms with van der Waals surface area (Å²) in [5.41, 5.74) is 2.55. The molecule has 2 heterocycles. The van der Waals surface area contributed by atoms with Gasteiger partial charge in [-0.2, -0.15) is 0 Å². The Morgan fingerprint density at radius 3 is 2.78 bits per heavy atom. The number of nitrogens with one attached hydrogen (secondary N) is 2. The van der Waals surface area contributed by atoms with E-state index in [9.17, 15) is 4.79 Å². The first kappa shape index (κ1) is 19.9. The molecule has 1 aliphatic heterocycles. The van der Waals surface area contributed by atoms with E-state index in [-0.39, 0.29) is 42.8 Å². The quantitative estimate of drug-likeness (QED) is 0.864. The molecule has 3 rings (SSSR count). The SMILES string of the molecule is CCC(NC(=O)C1Cc2ccccc2CN1)c1nccs1.Cl.Cl. The maximum Gasteiger partial charge on any atom is 0.238 e. The molecule has 0 saturated heterocycles. The van der Waals surface area contributed by atoms with Crippen molar-refractivity contribution >= 4 is 42.1 Å². The maximum atomic E-state index is 12.5. The first-order valence-corrected chi connectivity index (χ1v) is 8.16. The lowest BCUT2D eigenvalue weighted by atomic mass is 9.95. The molecule has 4 nitrogen and oxygen atoms in total. The van der Waals surface area contributed by atoms with Crippen molar-refractivity contribution < 1.29 is 4.79 Å². The normalized spacial score (nSPS) is 17.2. The summed E-state index contributed by atoms with van der Waals surface area (Å²) in [7, 11) is 0. The van der Waals surface area contributed by atoms with E-state index in [2.05, 4.69) is 34.7 Å². The molecular formula is C16H21Cl2N3OS. The summed E-state index contributed by atoms with van der Waals surface area (Å²) in [5, 5.41) is 9.35. The summed E-state index contributed by atoms with van der Waals surface area (Å²) in [5.74, 6) is 0.0616. The molecule has 0 saturated carbocycles. The van der Waals surface area contributed by atoms with Crippen LogP contribution in [0, 0.1) is 0 Å². The summed E-state index contributed by atoms with van der Waals surface area (Å²) in [4.78, 5) is 16.8. The van der Waals surface area contributed by atoms with Crippen LogP contribution in [0.2, 0.25) is 0 Å². The molecule has 7 heteroatoms. The zero-order chi connectivity index (χ0) is 14.7. The summed E-state index contributed by atoms with van der Waals surface area (Å²) in [6, 6.07) is 8.14. The standard InChI is InChI=1S/C16H19N3OS.2ClH/c1-2-13(16-17-7-8-21-16)19-15(20)14-9-11-5-3-4-6-12(11)10-18-14;;/h3-8,13-14,18H,2,9-10H2,1H3,(H,19,20);2*1H. The molecule has 2 N–H and O–H groups in total. The highest BCUT2D eigenvalue weighted by Gasteiger charge is 2.26. The molecule has 0 radical (unpaired) electrons. The third-order valence-corrected chi connectivity index (χ3v) is 4.76. The Hall–Kier alpha value is -1.14. The smallest absolute Gasteiger partial charge is 0.238 e. The molecule has 0 spiro atoms. The number of thiazole rings is 1. The fourth-order valence-electron chi connectivity index (χ4n) is 2.66. The van der Waals surface area contributed by atoms with Crippen molar-refractivity contribution in [3.8, 4) is 0 Å². The molecule has 2 aromatic rings. The van der Waals surface area contributed by atoms with Gasteiger partial charge in [-0.15, -0.1) is 36.2 Å². The van der Waals surface area contributed by atoms with Crippen molar-refractivity contribution in [3.05, 3.63) is 52.0 Å². The lowest BCUT2D eigenvalue weighted by Gasteiger charge is -2.26. The first-order chi connectivity index (χ1) is 10.3. The Labute approximate surface area is 152 Å². The van der Waals surface area contributed by atoms with Gasteiger partial charge in [-0.05, 0) is 24.0 Å². The highest BCUT2D eigenvalue weighted by Crippen LogP contribution is 2.20. The Balaban J connectivity index is 0.00000132. The number of halogens is 2. The first-order valence-electron chi connectivity index (χ1n) is 7.28. The Morgan fingerprint density at radius 2 is 2.13 bits per heavy atom. The van der Waals surface area contributed by atoms with Crippen LogP contribution in [-0.2, 0) is 17.8 Å². The molecule has 1 amide bonds. The second-order valence-corrected chi connectivity index (χ2v) is 6.17. The molecule has 1 aliphatic rings. The van der Waals surface area contributed by atoms with Crippen LogP contribution in [0.25, 0.3) is 0 Å². The molecule has 0 fully saturated rings. The minimum atomic E-state index is -0.158. The number of carbonyl (C=O) groups excluding carboxylic acids is 1. The van der Waals surface area contributed by atoms with Crippen molar-refractivity contribution in [1.82, 2.24) is 15.6 Å². The van der Waals surface area contributed by atoms with E-state index in [1.807, 2.05) is 17.5 Å². The summed E-state index contributed by atoms with van der Waals surface area (Å²) in [6.45, 7) is 2.82. The van der Waals surface area contributed by atoms with E-state index in [4.69, 9.17) is 0 Å². The maximum absolute atomic E-state index is 12.5. The number of fused-ring (bicyclic) bond motifs is 1. The van der Waals surface area contributed by atoms with Gasteiger partial charge in [0.15, 0.2) is 0 Å². The number of carbonyl (C=O) groups is 1. The fraction of sp³-hybridized carbons (Fsp3) is 0.375. The number of nitrogens with zero attached hydrogens (tertiary/aromatic N) is 1. The third kappa shape index (κ3) is 4.67. The predicted molar refractivity (Wildman–Crippen MR) is 98.6 cm³/mol. The van der Waals surface area contributed by atoms with Crippen LogP contribution in [0.1, 0.15) is 35.5 Å².